The second-order valence-electron chi connectivity index (χ2n) is 8.05. The summed E-state index contributed by atoms with van der Waals surface area (Å²) in [5.41, 5.74) is 3.86. The molecule has 4 aromatic rings. The van der Waals surface area contributed by atoms with Gasteiger partial charge in [0.05, 0.1) is 0 Å². The molecule has 1 atom stereocenters. The second-order valence-corrected chi connectivity index (χ2v) is 8.48. The minimum atomic E-state index is -1.06. The fourth-order valence-electron chi connectivity index (χ4n) is 3.65. The van der Waals surface area contributed by atoms with Crippen molar-refractivity contribution >= 4 is 23.4 Å². The number of hydrogen-bond donors (Lipinski definition) is 1. The molecule has 4 aromatic carbocycles. The van der Waals surface area contributed by atoms with Gasteiger partial charge < -0.3 is 9.84 Å². The van der Waals surface area contributed by atoms with Gasteiger partial charge in [-0.15, -0.1) is 0 Å². The number of aliphatic carboxylic acids is 1. The molecule has 0 saturated carbocycles. The van der Waals surface area contributed by atoms with Crippen LogP contribution in [-0.2, 0) is 11.2 Å². The van der Waals surface area contributed by atoms with Crippen LogP contribution >= 0.6 is 11.6 Å². The van der Waals surface area contributed by atoms with Crippen LogP contribution in [0.5, 0.6) is 5.75 Å². The van der Waals surface area contributed by atoms with Crippen molar-refractivity contribution in [2.24, 2.45) is 0 Å². The lowest BCUT2D eigenvalue weighted by atomic mass is 10.0. The predicted octanol–water partition coefficient (Wildman–Crippen LogP) is 6.84. The number of carbonyl (C=O) groups is 2. The number of ketones is 1. The molecule has 1 N–H and O–H groups in total. The van der Waals surface area contributed by atoms with Gasteiger partial charge in [-0.1, -0.05) is 48.0 Å². The van der Waals surface area contributed by atoms with Crippen molar-refractivity contribution in [3.05, 3.63) is 125 Å². The summed E-state index contributed by atoms with van der Waals surface area (Å²) in [6.45, 7) is 0. The van der Waals surface area contributed by atoms with Gasteiger partial charge in [-0.05, 0) is 90.2 Å². The summed E-state index contributed by atoms with van der Waals surface area (Å²) < 4.78 is 18.8. The molecule has 0 aliphatic rings. The van der Waals surface area contributed by atoms with E-state index in [0.717, 1.165) is 16.7 Å². The number of benzene rings is 4. The molecule has 0 radical (unpaired) electrons. The molecular formula is C29H22ClFO4. The summed E-state index contributed by atoms with van der Waals surface area (Å²) in [7, 11) is 0. The molecule has 6 heteroatoms. The van der Waals surface area contributed by atoms with Crippen LogP contribution in [0.25, 0.3) is 11.1 Å². The van der Waals surface area contributed by atoms with Gasteiger partial charge in [0, 0.05) is 16.1 Å². The summed E-state index contributed by atoms with van der Waals surface area (Å²) in [4.78, 5) is 24.3. The molecule has 0 aliphatic carbocycles. The van der Waals surface area contributed by atoms with Crippen molar-refractivity contribution in [1.29, 1.82) is 0 Å². The number of carboxylic acids is 1. The van der Waals surface area contributed by atoms with E-state index in [9.17, 15) is 19.1 Å². The summed E-state index contributed by atoms with van der Waals surface area (Å²) >= 11 is 5.94. The number of carbonyl (C=O) groups excluding carboxylic acids is 1. The van der Waals surface area contributed by atoms with Crippen LogP contribution in [0.4, 0.5) is 4.39 Å². The Labute approximate surface area is 207 Å². The average Bonchev–Trinajstić information content (AvgIpc) is 2.87. The van der Waals surface area contributed by atoms with E-state index >= 15 is 0 Å². The Hall–Kier alpha value is -3.96. The monoisotopic (exact) mass is 488 g/mol. The van der Waals surface area contributed by atoms with E-state index in [0.29, 0.717) is 28.3 Å². The molecule has 0 spiro atoms. The van der Waals surface area contributed by atoms with E-state index in [4.69, 9.17) is 16.3 Å². The summed E-state index contributed by atoms with van der Waals surface area (Å²) in [5, 5.41) is 10.3. The number of ether oxygens (including phenoxy) is 1. The molecular weight excluding hydrogens is 467 g/mol. The minimum absolute atomic E-state index is 0.256. The van der Waals surface area contributed by atoms with Crippen LogP contribution < -0.4 is 4.74 Å². The first-order valence-corrected chi connectivity index (χ1v) is 11.4. The number of halogens is 2. The van der Waals surface area contributed by atoms with Crippen molar-refractivity contribution < 1.29 is 23.8 Å². The Morgan fingerprint density at radius 3 is 1.83 bits per heavy atom. The van der Waals surface area contributed by atoms with Gasteiger partial charge in [-0.3, -0.25) is 4.79 Å². The van der Waals surface area contributed by atoms with Gasteiger partial charge >= 0.3 is 5.97 Å². The molecule has 0 aromatic heterocycles. The quantitative estimate of drug-likeness (QED) is 0.262. The molecule has 176 valence electrons. The molecule has 0 heterocycles. The van der Waals surface area contributed by atoms with Crippen molar-refractivity contribution in [2.45, 2.75) is 18.9 Å². The zero-order valence-electron chi connectivity index (χ0n) is 18.7. The van der Waals surface area contributed by atoms with Crippen LogP contribution in [0, 0.1) is 5.82 Å². The third-order valence-corrected chi connectivity index (χ3v) is 5.86. The van der Waals surface area contributed by atoms with E-state index in [2.05, 4.69) is 0 Å². The normalized spacial score (nSPS) is 11.6. The van der Waals surface area contributed by atoms with Crippen LogP contribution in [0.1, 0.15) is 27.9 Å². The highest BCUT2D eigenvalue weighted by atomic mass is 35.5. The first-order chi connectivity index (χ1) is 16.9. The summed E-state index contributed by atoms with van der Waals surface area (Å²) in [6, 6.07) is 27.1. The lowest BCUT2D eigenvalue weighted by molar-refractivity contribution is -0.145. The molecule has 35 heavy (non-hydrogen) atoms. The van der Waals surface area contributed by atoms with Gasteiger partial charge in [0.1, 0.15) is 11.6 Å². The zero-order chi connectivity index (χ0) is 24.8. The maximum atomic E-state index is 13.1. The van der Waals surface area contributed by atoms with Crippen molar-refractivity contribution in [2.75, 3.05) is 0 Å². The summed E-state index contributed by atoms with van der Waals surface area (Å²) in [6.07, 6.45) is -0.227. The zero-order valence-corrected chi connectivity index (χ0v) is 19.4. The van der Waals surface area contributed by atoms with Crippen LogP contribution in [0.3, 0.4) is 0 Å². The number of hydrogen-bond acceptors (Lipinski definition) is 3. The molecule has 0 saturated heterocycles. The van der Waals surface area contributed by atoms with E-state index in [1.165, 1.54) is 24.3 Å². The number of aryl methyl sites for hydroxylation is 1. The standard InChI is InChI=1S/C29H22ClFO4/c30-24-12-6-21(7-13-24)20-4-1-19(2-5-20)3-18-27(29(33)34)35-26-16-10-23(11-17-26)28(32)22-8-14-25(31)15-9-22/h1-2,4-17,27H,3,18H2,(H,33,34). The maximum Gasteiger partial charge on any atom is 0.344 e. The molecule has 0 fully saturated rings. The van der Waals surface area contributed by atoms with Gasteiger partial charge in [0.15, 0.2) is 11.9 Å². The maximum absolute atomic E-state index is 13.1. The van der Waals surface area contributed by atoms with Crippen molar-refractivity contribution in [1.82, 2.24) is 0 Å². The second kappa shape index (κ2) is 11.0. The van der Waals surface area contributed by atoms with Crippen LogP contribution in [-0.4, -0.2) is 23.0 Å². The Balaban J connectivity index is 1.37. The fourth-order valence-corrected chi connectivity index (χ4v) is 3.78. The van der Waals surface area contributed by atoms with Gasteiger partial charge in [-0.2, -0.15) is 0 Å². The molecule has 4 nitrogen and oxygen atoms in total. The van der Waals surface area contributed by atoms with Crippen LogP contribution in [0.2, 0.25) is 5.02 Å². The fraction of sp³-hybridized carbons (Fsp3) is 0.103. The molecule has 4 rings (SSSR count). The largest absolute Gasteiger partial charge is 0.479 e. The Morgan fingerprint density at radius 1 is 0.771 bits per heavy atom. The first kappa shape index (κ1) is 24.2. The number of rotatable bonds is 9. The smallest absolute Gasteiger partial charge is 0.344 e. The third-order valence-electron chi connectivity index (χ3n) is 5.60. The average molecular weight is 489 g/mol. The SMILES string of the molecule is O=C(c1ccc(F)cc1)c1ccc(OC(CCc2ccc(-c3ccc(Cl)cc3)cc2)C(=O)O)cc1. The Bertz CT molecular complexity index is 1300. The Kier molecular flexibility index (Phi) is 7.58. The van der Waals surface area contributed by atoms with Crippen molar-refractivity contribution in [3.63, 3.8) is 0 Å². The van der Waals surface area contributed by atoms with E-state index < -0.39 is 17.9 Å². The van der Waals surface area contributed by atoms with Crippen LogP contribution in [0.15, 0.2) is 97.1 Å². The molecule has 1 unspecified atom stereocenters. The molecule has 0 amide bonds. The first-order valence-electron chi connectivity index (χ1n) is 11.0. The van der Waals surface area contributed by atoms with Gasteiger partial charge in [-0.25, -0.2) is 9.18 Å². The van der Waals surface area contributed by atoms with Gasteiger partial charge in [0.25, 0.3) is 0 Å². The lowest BCUT2D eigenvalue weighted by Gasteiger charge is -2.15. The highest BCUT2D eigenvalue weighted by molar-refractivity contribution is 6.30. The van der Waals surface area contributed by atoms with E-state index in [-0.39, 0.29) is 12.2 Å². The molecule has 0 aliphatic heterocycles. The van der Waals surface area contributed by atoms with Gasteiger partial charge in [0.2, 0.25) is 0 Å². The minimum Gasteiger partial charge on any atom is -0.479 e. The van der Waals surface area contributed by atoms with E-state index in [1.54, 1.807) is 24.3 Å². The highest BCUT2D eigenvalue weighted by Gasteiger charge is 2.20. The topological polar surface area (TPSA) is 63.6 Å². The lowest BCUT2D eigenvalue weighted by Crippen LogP contribution is -2.27. The summed E-state index contributed by atoms with van der Waals surface area (Å²) in [5.74, 6) is -1.38. The number of carboxylic acid groups (broad SMARTS) is 1. The van der Waals surface area contributed by atoms with E-state index in [1.807, 2.05) is 48.5 Å². The predicted molar refractivity (Wildman–Crippen MR) is 134 cm³/mol. The van der Waals surface area contributed by atoms with Crippen molar-refractivity contribution in [3.8, 4) is 16.9 Å². The highest BCUT2D eigenvalue weighted by Crippen LogP contribution is 2.23. The third kappa shape index (κ3) is 6.34. The molecule has 0 bridgehead atoms. The Morgan fingerprint density at radius 2 is 1.29 bits per heavy atom.